The lowest BCUT2D eigenvalue weighted by Crippen LogP contribution is -2.11. The van der Waals surface area contributed by atoms with Crippen LogP contribution in [0.4, 0.5) is 5.82 Å². The minimum atomic E-state index is 0.291. The summed E-state index contributed by atoms with van der Waals surface area (Å²) in [6.07, 6.45) is 0. The summed E-state index contributed by atoms with van der Waals surface area (Å²) in [6, 6.07) is 9.33. The zero-order valence-electron chi connectivity index (χ0n) is 10.9. The number of nitrogens with two attached hydrogens (primary N) is 1. The van der Waals surface area contributed by atoms with Crippen molar-refractivity contribution in [3.63, 3.8) is 0 Å². The van der Waals surface area contributed by atoms with Crippen LogP contribution in [0.1, 0.15) is 11.4 Å². The topological polar surface area (TPSA) is 82.3 Å². The van der Waals surface area contributed by atoms with Gasteiger partial charge in [-0.1, -0.05) is 12.1 Å². The lowest BCUT2D eigenvalue weighted by atomic mass is 10.2. The number of nitrogens with one attached hydrogen (secondary N) is 1. The van der Waals surface area contributed by atoms with E-state index in [2.05, 4.69) is 15.4 Å². The van der Waals surface area contributed by atoms with E-state index in [1.165, 1.54) is 0 Å². The molecule has 0 aliphatic rings. The Labute approximate surface area is 111 Å². The summed E-state index contributed by atoms with van der Waals surface area (Å²) in [6.45, 7) is 2.29. The molecular weight excluding hydrogens is 244 g/mol. The monoisotopic (exact) mass is 260 g/mol. The number of rotatable bonds is 5. The lowest BCUT2D eigenvalue weighted by molar-refractivity contribution is 0.177. The van der Waals surface area contributed by atoms with Crippen LogP contribution in [-0.4, -0.2) is 17.1 Å². The molecular formula is C13H16N4O2. The van der Waals surface area contributed by atoms with Crippen molar-refractivity contribution in [3.8, 4) is 11.6 Å². The molecule has 1 heterocycles. The van der Waals surface area contributed by atoms with Gasteiger partial charge in [0.15, 0.2) is 5.82 Å². The zero-order valence-corrected chi connectivity index (χ0v) is 10.9. The molecule has 0 amide bonds. The number of aryl methyl sites for hydroxylation is 1. The first-order valence-corrected chi connectivity index (χ1v) is 5.79. The number of nitrogen functional groups attached to an aromatic ring is 1. The van der Waals surface area contributed by atoms with Crippen LogP contribution in [0, 0.1) is 6.92 Å². The molecule has 0 saturated carbocycles. The summed E-state index contributed by atoms with van der Waals surface area (Å²) < 4.78 is 10.7. The molecule has 6 nitrogen and oxygen atoms in total. The maximum atomic E-state index is 5.69. The fraction of sp³-hybridized carbons (Fsp3) is 0.231. The van der Waals surface area contributed by atoms with E-state index in [9.17, 15) is 0 Å². The highest BCUT2D eigenvalue weighted by Crippen LogP contribution is 2.22. The second-order valence-corrected chi connectivity index (χ2v) is 4.00. The van der Waals surface area contributed by atoms with E-state index in [0.717, 1.165) is 5.56 Å². The average Bonchev–Trinajstić information content (AvgIpc) is 2.39. The van der Waals surface area contributed by atoms with Gasteiger partial charge in [0.2, 0.25) is 5.88 Å². The molecule has 0 unspecified atom stereocenters. The Morgan fingerprint density at radius 1 is 1.26 bits per heavy atom. The van der Waals surface area contributed by atoms with Crippen LogP contribution >= 0.6 is 0 Å². The average molecular weight is 260 g/mol. The molecule has 0 saturated heterocycles. The van der Waals surface area contributed by atoms with Gasteiger partial charge in [0.05, 0.1) is 0 Å². The van der Waals surface area contributed by atoms with Gasteiger partial charge in [-0.15, -0.1) is 0 Å². The van der Waals surface area contributed by atoms with Gasteiger partial charge in [-0.2, -0.15) is 4.98 Å². The van der Waals surface area contributed by atoms with Crippen molar-refractivity contribution >= 4 is 5.82 Å². The van der Waals surface area contributed by atoms with Crippen molar-refractivity contribution in [1.29, 1.82) is 0 Å². The van der Waals surface area contributed by atoms with Gasteiger partial charge >= 0.3 is 0 Å². The SMILES string of the molecule is COCc1nc(NN)cc(Oc2cccc(C)c2)n1. The lowest BCUT2D eigenvalue weighted by Gasteiger charge is -2.09. The Hall–Kier alpha value is -2.18. The predicted molar refractivity (Wildman–Crippen MR) is 71.8 cm³/mol. The first-order valence-electron chi connectivity index (χ1n) is 5.79. The number of aromatic nitrogens is 2. The molecule has 2 aromatic rings. The van der Waals surface area contributed by atoms with Gasteiger partial charge in [-0.25, -0.2) is 10.8 Å². The number of nitrogens with zero attached hydrogens (tertiary/aromatic N) is 2. The van der Waals surface area contributed by atoms with Crippen LogP contribution < -0.4 is 16.0 Å². The van der Waals surface area contributed by atoms with Crippen molar-refractivity contribution in [2.24, 2.45) is 5.84 Å². The fourth-order valence-corrected chi connectivity index (χ4v) is 1.59. The number of hydrazine groups is 1. The van der Waals surface area contributed by atoms with Crippen LogP contribution in [-0.2, 0) is 11.3 Å². The first-order chi connectivity index (χ1) is 9.21. The Morgan fingerprint density at radius 3 is 2.79 bits per heavy atom. The normalized spacial score (nSPS) is 10.3. The number of methoxy groups -OCH3 is 1. The predicted octanol–water partition coefficient (Wildman–Crippen LogP) is 2.01. The molecule has 0 aliphatic heterocycles. The van der Waals surface area contributed by atoms with Gasteiger partial charge < -0.3 is 14.9 Å². The van der Waals surface area contributed by atoms with Gasteiger partial charge in [-0.3, -0.25) is 0 Å². The molecule has 2 rings (SSSR count). The van der Waals surface area contributed by atoms with Crippen LogP contribution in [0.5, 0.6) is 11.6 Å². The van der Waals surface area contributed by atoms with Crippen molar-refractivity contribution in [1.82, 2.24) is 9.97 Å². The summed E-state index contributed by atoms with van der Waals surface area (Å²) in [7, 11) is 1.58. The third kappa shape index (κ3) is 3.64. The first kappa shape index (κ1) is 13.3. The molecule has 0 atom stereocenters. The van der Waals surface area contributed by atoms with E-state index >= 15 is 0 Å². The minimum Gasteiger partial charge on any atom is -0.439 e. The standard InChI is InChI=1S/C13H16N4O2/c1-9-4-3-5-10(6-9)19-13-7-11(17-14)15-12(16-13)8-18-2/h3-7H,8,14H2,1-2H3,(H,15,16,17). The second kappa shape index (κ2) is 6.12. The number of ether oxygens (including phenoxy) is 2. The van der Waals surface area contributed by atoms with Crippen molar-refractivity contribution in [2.45, 2.75) is 13.5 Å². The number of benzene rings is 1. The highest BCUT2D eigenvalue weighted by atomic mass is 16.5. The van der Waals surface area contributed by atoms with Gasteiger partial charge in [0.1, 0.15) is 18.2 Å². The smallest absolute Gasteiger partial charge is 0.224 e. The second-order valence-electron chi connectivity index (χ2n) is 4.00. The van der Waals surface area contributed by atoms with Crippen LogP contribution in [0.15, 0.2) is 30.3 Å². The van der Waals surface area contributed by atoms with Crippen LogP contribution in [0.25, 0.3) is 0 Å². The fourth-order valence-electron chi connectivity index (χ4n) is 1.59. The number of anilines is 1. The molecule has 0 spiro atoms. The quantitative estimate of drug-likeness (QED) is 0.632. The Bertz CT molecular complexity index is 560. The molecule has 1 aromatic heterocycles. The van der Waals surface area contributed by atoms with E-state index < -0.39 is 0 Å². The maximum Gasteiger partial charge on any atom is 0.224 e. The Kier molecular flexibility index (Phi) is 4.27. The van der Waals surface area contributed by atoms with E-state index in [4.69, 9.17) is 15.3 Å². The third-order valence-electron chi connectivity index (χ3n) is 2.38. The van der Waals surface area contributed by atoms with Gasteiger partial charge in [-0.05, 0) is 24.6 Å². The minimum absolute atomic E-state index is 0.291. The van der Waals surface area contributed by atoms with E-state index in [1.807, 2.05) is 31.2 Å². The van der Waals surface area contributed by atoms with Crippen molar-refractivity contribution in [2.75, 3.05) is 12.5 Å². The van der Waals surface area contributed by atoms with E-state index in [1.54, 1.807) is 13.2 Å². The van der Waals surface area contributed by atoms with Crippen molar-refractivity contribution < 1.29 is 9.47 Å². The van der Waals surface area contributed by atoms with Gasteiger partial charge in [0.25, 0.3) is 0 Å². The summed E-state index contributed by atoms with van der Waals surface area (Å²) in [5.74, 6) is 7.47. The van der Waals surface area contributed by atoms with Crippen LogP contribution in [0.3, 0.4) is 0 Å². The largest absolute Gasteiger partial charge is 0.439 e. The number of hydrogen-bond donors (Lipinski definition) is 2. The van der Waals surface area contributed by atoms with Gasteiger partial charge in [0, 0.05) is 13.2 Å². The Morgan fingerprint density at radius 2 is 2.11 bits per heavy atom. The molecule has 3 N–H and O–H groups in total. The third-order valence-corrected chi connectivity index (χ3v) is 2.38. The molecule has 0 bridgehead atoms. The Balaban J connectivity index is 2.26. The summed E-state index contributed by atoms with van der Waals surface area (Å²) in [5, 5.41) is 0. The molecule has 0 radical (unpaired) electrons. The van der Waals surface area contributed by atoms with Crippen molar-refractivity contribution in [3.05, 3.63) is 41.7 Å². The maximum absolute atomic E-state index is 5.69. The molecule has 1 aromatic carbocycles. The molecule has 6 heteroatoms. The molecule has 0 fully saturated rings. The molecule has 19 heavy (non-hydrogen) atoms. The summed E-state index contributed by atoms with van der Waals surface area (Å²) >= 11 is 0. The highest BCUT2D eigenvalue weighted by molar-refractivity contribution is 5.39. The summed E-state index contributed by atoms with van der Waals surface area (Å²) in [5.41, 5.74) is 3.59. The molecule has 0 aliphatic carbocycles. The summed E-state index contributed by atoms with van der Waals surface area (Å²) in [4.78, 5) is 8.39. The molecule has 100 valence electrons. The van der Waals surface area contributed by atoms with E-state index in [-0.39, 0.29) is 0 Å². The van der Waals surface area contributed by atoms with Crippen LogP contribution in [0.2, 0.25) is 0 Å². The highest BCUT2D eigenvalue weighted by Gasteiger charge is 2.06. The van der Waals surface area contributed by atoms with E-state index in [0.29, 0.717) is 29.9 Å². The zero-order chi connectivity index (χ0) is 13.7. The number of hydrogen-bond acceptors (Lipinski definition) is 6.